The van der Waals surface area contributed by atoms with Crippen LogP contribution in [-0.2, 0) is 0 Å². The molecule has 0 bridgehead atoms. The number of hydrogen-bond donors (Lipinski definition) is 1. The molecule has 0 aromatic rings. The van der Waals surface area contributed by atoms with E-state index >= 15 is 0 Å². The quantitative estimate of drug-likeness (QED) is 0.674. The molecule has 2 N–H and O–H groups in total. The van der Waals surface area contributed by atoms with Crippen LogP contribution in [0, 0.1) is 0 Å². The third-order valence-corrected chi connectivity index (χ3v) is 1.97. The molecule has 1 aliphatic rings. The molecule has 0 saturated carbocycles. The summed E-state index contributed by atoms with van der Waals surface area (Å²) in [6.07, 6.45) is 9.85. The van der Waals surface area contributed by atoms with E-state index in [9.17, 15) is 0 Å². The average Bonchev–Trinajstić information content (AvgIpc) is 2.26. The van der Waals surface area contributed by atoms with Crippen molar-refractivity contribution in [3.05, 3.63) is 23.8 Å². The summed E-state index contributed by atoms with van der Waals surface area (Å²) in [7, 11) is 0. The number of hydrogen-bond acceptors (Lipinski definition) is 1. The molecule has 0 heterocycles. The summed E-state index contributed by atoms with van der Waals surface area (Å²) in [6, 6.07) is 0.278. The zero-order chi connectivity index (χ0) is 11.4. The Bertz CT molecular complexity index is 155. The Balaban J connectivity index is 0. The first-order valence-electron chi connectivity index (χ1n) is 5.81. The van der Waals surface area contributed by atoms with E-state index in [-0.39, 0.29) is 6.04 Å². The molecule has 84 valence electrons. The second-order valence-electron chi connectivity index (χ2n) is 3.18. The summed E-state index contributed by atoms with van der Waals surface area (Å²) >= 11 is 0. The van der Waals surface area contributed by atoms with Crippen molar-refractivity contribution in [3.8, 4) is 0 Å². The number of allylic oxidation sites excluding steroid dienone is 2. The molecule has 1 unspecified atom stereocenters. The van der Waals surface area contributed by atoms with Crippen LogP contribution in [-0.4, -0.2) is 6.04 Å². The SMILES string of the molecule is CC.CC1=CC=CCC1N.CCCC. The van der Waals surface area contributed by atoms with Crippen LogP contribution in [0.5, 0.6) is 0 Å². The van der Waals surface area contributed by atoms with Gasteiger partial charge in [-0.25, -0.2) is 0 Å². The fourth-order valence-corrected chi connectivity index (χ4v) is 0.754. The lowest BCUT2D eigenvalue weighted by Crippen LogP contribution is -2.21. The standard InChI is InChI=1S/C7H11N.C4H10.C2H6/c1-6-4-2-3-5-7(6)8;1-3-4-2;1-2/h2-4,7H,5,8H2,1H3;3-4H2,1-2H3;1-2H3. The first kappa shape index (κ1) is 15.9. The summed E-state index contributed by atoms with van der Waals surface area (Å²) in [6.45, 7) is 10.4. The monoisotopic (exact) mass is 197 g/mol. The van der Waals surface area contributed by atoms with Gasteiger partial charge in [0.15, 0.2) is 0 Å². The van der Waals surface area contributed by atoms with Crippen LogP contribution in [0.4, 0.5) is 0 Å². The van der Waals surface area contributed by atoms with Crippen molar-refractivity contribution in [3.63, 3.8) is 0 Å². The summed E-state index contributed by atoms with van der Waals surface area (Å²) in [5.41, 5.74) is 6.94. The first-order valence-corrected chi connectivity index (χ1v) is 5.81. The van der Waals surface area contributed by atoms with Crippen LogP contribution >= 0.6 is 0 Å². The van der Waals surface area contributed by atoms with Gasteiger partial charge in [-0.3, -0.25) is 0 Å². The van der Waals surface area contributed by atoms with Crippen molar-refractivity contribution in [1.82, 2.24) is 0 Å². The van der Waals surface area contributed by atoms with E-state index in [1.165, 1.54) is 18.4 Å². The van der Waals surface area contributed by atoms with Gasteiger partial charge >= 0.3 is 0 Å². The molecule has 0 amide bonds. The predicted molar refractivity (Wildman–Crippen MR) is 67.4 cm³/mol. The third kappa shape index (κ3) is 9.53. The molecule has 14 heavy (non-hydrogen) atoms. The Morgan fingerprint density at radius 3 is 2.00 bits per heavy atom. The maximum atomic E-state index is 5.66. The molecule has 1 rings (SSSR count). The Morgan fingerprint density at radius 1 is 1.29 bits per heavy atom. The van der Waals surface area contributed by atoms with Gasteiger partial charge in [0, 0.05) is 6.04 Å². The van der Waals surface area contributed by atoms with Crippen molar-refractivity contribution in [2.75, 3.05) is 0 Å². The molecule has 0 aromatic heterocycles. The first-order chi connectivity index (χ1) is 6.72. The van der Waals surface area contributed by atoms with Gasteiger partial charge in [-0.1, -0.05) is 64.3 Å². The predicted octanol–water partition coefficient (Wildman–Crippen LogP) is 4.05. The molecule has 0 saturated heterocycles. The highest BCUT2D eigenvalue weighted by Crippen LogP contribution is 2.08. The highest BCUT2D eigenvalue weighted by atomic mass is 14.6. The van der Waals surface area contributed by atoms with Crippen LogP contribution in [0.3, 0.4) is 0 Å². The van der Waals surface area contributed by atoms with Gasteiger partial charge in [0.25, 0.3) is 0 Å². The highest BCUT2D eigenvalue weighted by Gasteiger charge is 2.02. The number of rotatable bonds is 1. The van der Waals surface area contributed by atoms with Crippen LogP contribution < -0.4 is 5.73 Å². The molecular formula is C13H27N. The van der Waals surface area contributed by atoms with Crippen LogP contribution in [0.1, 0.15) is 53.9 Å². The normalized spacial score (nSPS) is 18.4. The zero-order valence-electron chi connectivity index (χ0n) is 10.5. The molecular weight excluding hydrogens is 170 g/mol. The van der Waals surface area contributed by atoms with E-state index < -0.39 is 0 Å². The maximum absolute atomic E-state index is 5.66. The van der Waals surface area contributed by atoms with E-state index in [4.69, 9.17) is 5.73 Å². The molecule has 0 aliphatic heterocycles. The smallest absolute Gasteiger partial charge is 0.0289 e. The van der Waals surface area contributed by atoms with Crippen LogP contribution in [0.15, 0.2) is 23.8 Å². The average molecular weight is 197 g/mol. The molecule has 1 nitrogen and oxygen atoms in total. The summed E-state index contributed by atoms with van der Waals surface area (Å²) in [5.74, 6) is 0. The minimum atomic E-state index is 0.278. The second kappa shape index (κ2) is 12.4. The van der Waals surface area contributed by atoms with Crippen molar-refractivity contribution in [1.29, 1.82) is 0 Å². The van der Waals surface area contributed by atoms with E-state index in [0.717, 1.165) is 6.42 Å². The van der Waals surface area contributed by atoms with Gasteiger partial charge in [-0.2, -0.15) is 0 Å². The lowest BCUT2D eigenvalue weighted by molar-refractivity contribution is 0.774. The largest absolute Gasteiger partial charge is 0.324 e. The lowest BCUT2D eigenvalue weighted by atomic mass is 10.0. The minimum absolute atomic E-state index is 0.278. The molecule has 0 spiro atoms. The Kier molecular flexibility index (Phi) is 14.1. The van der Waals surface area contributed by atoms with Crippen molar-refractivity contribution in [2.45, 2.75) is 59.9 Å². The molecule has 0 fully saturated rings. The fourth-order valence-electron chi connectivity index (χ4n) is 0.754. The summed E-state index contributed by atoms with van der Waals surface area (Å²) < 4.78 is 0. The summed E-state index contributed by atoms with van der Waals surface area (Å²) in [4.78, 5) is 0. The third-order valence-electron chi connectivity index (χ3n) is 1.97. The Morgan fingerprint density at radius 2 is 1.79 bits per heavy atom. The molecule has 1 aliphatic carbocycles. The molecule has 0 aromatic carbocycles. The van der Waals surface area contributed by atoms with Crippen LogP contribution in [0.2, 0.25) is 0 Å². The van der Waals surface area contributed by atoms with Crippen molar-refractivity contribution < 1.29 is 0 Å². The van der Waals surface area contributed by atoms with E-state index in [1.54, 1.807) is 0 Å². The van der Waals surface area contributed by atoms with E-state index in [0.29, 0.717) is 0 Å². The number of unbranched alkanes of at least 4 members (excludes halogenated alkanes) is 1. The van der Waals surface area contributed by atoms with Gasteiger partial charge in [0.05, 0.1) is 0 Å². The highest BCUT2D eigenvalue weighted by molar-refractivity contribution is 5.21. The van der Waals surface area contributed by atoms with Gasteiger partial charge in [0.2, 0.25) is 0 Å². The van der Waals surface area contributed by atoms with Gasteiger partial charge < -0.3 is 5.73 Å². The second-order valence-corrected chi connectivity index (χ2v) is 3.18. The molecule has 0 radical (unpaired) electrons. The summed E-state index contributed by atoms with van der Waals surface area (Å²) in [5, 5.41) is 0. The van der Waals surface area contributed by atoms with Crippen LogP contribution in [0.25, 0.3) is 0 Å². The van der Waals surface area contributed by atoms with E-state index in [1.807, 2.05) is 13.8 Å². The lowest BCUT2D eigenvalue weighted by Gasteiger charge is -2.11. The Hall–Kier alpha value is -0.560. The van der Waals surface area contributed by atoms with Crippen molar-refractivity contribution >= 4 is 0 Å². The van der Waals surface area contributed by atoms with E-state index in [2.05, 4.69) is 39.0 Å². The molecule has 1 atom stereocenters. The maximum Gasteiger partial charge on any atom is 0.0289 e. The number of nitrogens with two attached hydrogens (primary N) is 1. The van der Waals surface area contributed by atoms with Gasteiger partial charge in [0.1, 0.15) is 0 Å². The fraction of sp³-hybridized carbons (Fsp3) is 0.692. The Labute approximate surface area is 90.1 Å². The van der Waals surface area contributed by atoms with Gasteiger partial charge in [-0.15, -0.1) is 0 Å². The topological polar surface area (TPSA) is 26.0 Å². The molecule has 1 heteroatoms. The zero-order valence-corrected chi connectivity index (χ0v) is 10.5. The van der Waals surface area contributed by atoms with Gasteiger partial charge in [-0.05, 0) is 13.3 Å². The minimum Gasteiger partial charge on any atom is -0.324 e. The van der Waals surface area contributed by atoms with Crippen molar-refractivity contribution in [2.24, 2.45) is 5.73 Å².